The second kappa shape index (κ2) is 6.18. The van der Waals surface area contributed by atoms with Gasteiger partial charge in [0.2, 0.25) is 0 Å². The lowest BCUT2D eigenvalue weighted by molar-refractivity contribution is 0.170. The van der Waals surface area contributed by atoms with E-state index in [0.717, 1.165) is 19.3 Å². The molecular weight excluding hydrogens is 210 g/mol. The Morgan fingerprint density at radius 3 is 2.24 bits per heavy atom. The standard InChI is InChI=1S/C15H25NO/c1-15(2,3)13-9-7-12(8-10-13)5-4-6-14(17)11-16/h7-10,14,17H,4-6,11,16H2,1-3H3. The Labute approximate surface area is 105 Å². The minimum absolute atomic E-state index is 0.217. The van der Waals surface area contributed by atoms with Gasteiger partial charge in [-0.3, -0.25) is 0 Å². The Morgan fingerprint density at radius 2 is 1.76 bits per heavy atom. The van der Waals surface area contributed by atoms with E-state index in [0.29, 0.717) is 6.54 Å². The number of aliphatic hydroxyl groups is 1. The third kappa shape index (κ3) is 4.88. The highest BCUT2D eigenvalue weighted by atomic mass is 16.3. The molecule has 0 amide bonds. The van der Waals surface area contributed by atoms with Gasteiger partial charge in [-0.1, -0.05) is 45.0 Å². The fourth-order valence-corrected chi connectivity index (χ4v) is 1.83. The number of hydrogen-bond acceptors (Lipinski definition) is 2. The number of benzene rings is 1. The van der Waals surface area contributed by atoms with Crippen LogP contribution >= 0.6 is 0 Å². The number of hydrogen-bond donors (Lipinski definition) is 2. The van der Waals surface area contributed by atoms with Crippen molar-refractivity contribution < 1.29 is 5.11 Å². The number of nitrogens with two attached hydrogens (primary N) is 1. The summed E-state index contributed by atoms with van der Waals surface area (Å²) < 4.78 is 0. The van der Waals surface area contributed by atoms with Gasteiger partial charge in [0.1, 0.15) is 0 Å². The second-order valence-corrected chi connectivity index (χ2v) is 5.73. The van der Waals surface area contributed by atoms with E-state index in [-0.39, 0.29) is 11.5 Å². The van der Waals surface area contributed by atoms with Crippen LogP contribution in [0.3, 0.4) is 0 Å². The molecule has 0 aliphatic rings. The van der Waals surface area contributed by atoms with E-state index in [1.165, 1.54) is 11.1 Å². The van der Waals surface area contributed by atoms with Crippen LogP contribution in [-0.4, -0.2) is 17.8 Å². The summed E-state index contributed by atoms with van der Waals surface area (Å²) >= 11 is 0. The summed E-state index contributed by atoms with van der Waals surface area (Å²) in [6.45, 7) is 7.03. The molecule has 3 N–H and O–H groups in total. The number of rotatable bonds is 5. The second-order valence-electron chi connectivity index (χ2n) is 5.73. The van der Waals surface area contributed by atoms with Crippen molar-refractivity contribution in [3.63, 3.8) is 0 Å². The summed E-state index contributed by atoms with van der Waals surface area (Å²) in [5, 5.41) is 9.36. The zero-order valence-electron chi connectivity index (χ0n) is 11.2. The van der Waals surface area contributed by atoms with Crippen molar-refractivity contribution in [2.24, 2.45) is 5.73 Å². The lowest BCUT2D eigenvalue weighted by Crippen LogP contribution is -2.19. The summed E-state index contributed by atoms with van der Waals surface area (Å²) in [7, 11) is 0. The molecule has 0 aromatic heterocycles. The number of aliphatic hydroxyl groups excluding tert-OH is 1. The SMILES string of the molecule is CC(C)(C)c1ccc(CCCC(O)CN)cc1. The summed E-state index contributed by atoms with van der Waals surface area (Å²) in [5.74, 6) is 0. The van der Waals surface area contributed by atoms with Gasteiger partial charge in [0.15, 0.2) is 0 Å². The smallest absolute Gasteiger partial charge is 0.0662 e. The zero-order valence-corrected chi connectivity index (χ0v) is 11.2. The Morgan fingerprint density at radius 1 is 1.18 bits per heavy atom. The average Bonchev–Trinajstić information content (AvgIpc) is 2.28. The normalized spacial score (nSPS) is 13.7. The van der Waals surface area contributed by atoms with E-state index in [9.17, 15) is 5.11 Å². The van der Waals surface area contributed by atoms with E-state index < -0.39 is 0 Å². The third-order valence-corrected chi connectivity index (χ3v) is 3.09. The molecule has 0 spiro atoms. The van der Waals surface area contributed by atoms with Crippen molar-refractivity contribution in [3.05, 3.63) is 35.4 Å². The predicted octanol–water partition coefficient (Wildman–Crippen LogP) is 2.63. The van der Waals surface area contributed by atoms with Crippen molar-refractivity contribution in [3.8, 4) is 0 Å². The minimum Gasteiger partial charge on any atom is -0.392 e. The highest BCUT2D eigenvalue weighted by molar-refractivity contribution is 5.27. The zero-order chi connectivity index (χ0) is 12.9. The molecule has 0 bridgehead atoms. The van der Waals surface area contributed by atoms with Crippen molar-refractivity contribution in [1.82, 2.24) is 0 Å². The minimum atomic E-state index is -0.344. The molecule has 1 aromatic rings. The summed E-state index contributed by atoms with van der Waals surface area (Å²) in [5.41, 5.74) is 8.29. The molecule has 0 saturated heterocycles. The predicted molar refractivity (Wildman–Crippen MR) is 73.1 cm³/mol. The molecule has 0 aliphatic carbocycles. The molecule has 1 unspecified atom stereocenters. The van der Waals surface area contributed by atoms with Gasteiger partial charge in [-0.25, -0.2) is 0 Å². The largest absolute Gasteiger partial charge is 0.392 e. The van der Waals surface area contributed by atoms with Gasteiger partial charge in [-0.15, -0.1) is 0 Å². The van der Waals surface area contributed by atoms with E-state index in [2.05, 4.69) is 45.0 Å². The van der Waals surface area contributed by atoms with E-state index in [1.807, 2.05) is 0 Å². The first kappa shape index (κ1) is 14.2. The van der Waals surface area contributed by atoms with Crippen LogP contribution in [0.5, 0.6) is 0 Å². The number of aryl methyl sites for hydroxylation is 1. The molecule has 17 heavy (non-hydrogen) atoms. The molecular formula is C15H25NO. The first-order valence-electron chi connectivity index (χ1n) is 6.41. The first-order chi connectivity index (χ1) is 7.93. The van der Waals surface area contributed by atoms with Crippen molar-refractivity contribution >= 4 is 0 Å². The molecule has 1 atom stereocenters. The molecule has 96 valence electrons. The van der Waals surface area contributed by atoms with Gasteiger partial charge >= 0.3 is 0 Å². The summed E-state index contributed by atoms with van der Waals surface area (Å²) in [6.07, 6.45) is 2.45. The van der Waals surface area contributed by atoms with Gasteiger partial charge < -0.3 is 10.8 Å². The van der Waals surface area contributed by atoms with Gasteiger partial charge in [-0.05, 0) is 35.8 Å². The van der Waals surface area contributed by atoms with E-state index in [4.69, 9.17) is 5.73 Å². The van der Waals surface area contributed by atoms with Crippen LogP contribution in [0.2, 0.25) is 0 Å². The summed E-state index contributed by atoms with van der Waals surface area (Å²) in [4.78, 5) is 0. The lowest BCUT2D eigenvalue weighted by Gasteiger charge is -2.19. The molecule has 0 heterocycles. The van der Waals surface area contributed by atoms with Crippen LogP contribution in [0.4, 0.5) is 0 Å². The molecule has 0 fully saturated rings. The molecule has 2 heteroatoms. The molecule has 0 saturated carbocycles. The highest BCUT2D eigenvalue weighted by Crippen LogP contribution is 2.22. The van der Waals surface area contributed by atoms with E-state index in [1.54, 1.807) is 0 Å². The van der Waals surface area contributed by atoms with Crippen LogP contribution in [-0.2, 0) is 11.8 Å². The monoisotopic (exact) mass is 235 g/mol. The fourth-order valence-electron chi connectivity index (χ4n) is 1.83. The maximum atomic E-state index is 9.36. The topological polar surface area (TPSA) is 46.2 Å². The van der Waals surface area contributed by atoms with Crippen LogP contribution in [0.15, 0.2) is 24.3 Å². The Hall–Kier alpha value is -0.860. The molecule has 2 nitrogen and oxygen atoms in total. The lowest BCUT2D eigenvalue weighted by atomic mass is 9.86. The van der Waals surface area contributed by atoms with Crippen molar-refractivity contribution in [2.75, 3.05) is 6.54 Å². The maximum Gasteiger partial charge on any atom is 0.0662 e. The van der Waals surface area contributed by atoms with Crippen LogP contribution in [0, 0.1) is 0 Å². The fraction of sp³-hybridized carbons (Fsp3) is 0.600. The van der Waals surface area contributed by atoms with Crippen LogP contribution in [0.25, 0.3) is 0 Å². The quantitative estimate of drug-likeness (QED) is 0.824. The Kier molecular flexibility index (Phi) is 5.16. The van der Waals surface area contributed by atoms with Crippen molar-refractivity contribution in [1.29, 1.82) is 0 Å². The molecule has 0 radical (unpaired) electrons. The van der Waals surface area contributed by atoms with Crippen molar-refractivity contribution in [2.45, 2.75) is 51.6 Å². The Balaban J connectivity index is 2.46. The van der Waals surface area contributed by atoms with Gasteiger partial charge in [0.05, 0.1) is 6.10 Å². The molecule has 1 aromatic carbocycles. The summed E-state index contributed by atoms with van der Waals surface area (Å²) in [6, 6.07) is 8.79. The van der Waals surface area contributed by atoms with Crippen LogP contribution in [0.1, 0.15) is 44.7 Å². The Bertz CT molecular complexity index is 324. The molecule has 0 aliphatic heterocycles. The van der Waals surface area contributed by atoms with Gasteiger partial charge in [-0.2, -0.15) is 0 Å². The average molecular weight is 235 g/mol. The maximum absolute atomic E-state index is 9.36. The van der Waals surface area contributed by atoms with E-state index >= 15 is 0 Å². The third-order valence-electron chi connectivity index (χ3n) is 3.09. The highest BCUT2D eigenvalue weighted by Gasteiger charge is 2.12. The van der Waals surface area contributed by atoms with Gasteiger partial charge in [0.25, 0.3) is 0 Å². The first-order valence-corrected chi connectivity index (χ1v) is 6.41. The van der Waals surface area contributed by atoms with Crippen LogP contribution < -0.4 is 5.73 Å². The molecule has 1 rings (SSSR count). The van der Waals surface area contributed by atoms with Gasteiger partial charge in [0, 0.05) is 6.54 Å².